The molecule has 0 amide bonds. The Balaban J connectivity index is 1.59. The number of hydrogen-bond donors (Lipinski definition) is 3. The molecule has 2 aliphatic rings. The van der Waals surface area contributed by atoms with Gasteiger partial charge in [0.05, 0.1) is 24.2 Å². The van der Waals surface area contributed by atoms with Crippen LogP contribution in [-0.4, -0.2) is 30.9 Å². The van der Waals surface area contributed by atoms with Crippen LogP contribution in [0.5, 0.6) is 0 Å². The molecule has 5 rings (SSSR count). The number of rotatable bonds is 9. The fourth-order valence-electron chi connectivity index (χ4n) is 5.69. The van der Waals surface area contributed by atoms with Crippen LogP contribution in [0.15, 0.2) is 73.2 Å². The van der Waals surface area contributed by atoms with Gasteiger partial charge in [-0.1, -0.05) is 48.6 Å². The lowest BCUT2D eigenvalue weighted by Crippen LogP contribution is -2.39. The minimum atomic E-state index is -0.841. The second-order valence-corrected chi connectivity index (χ2v) is 9.64. The summed E-state index contributed by atoms with van der Waals surface area (Å²) in [5.41, 5.74) is 11.5. The lowest BCUT2D eigenvalue weighted by atomic mass is 9.85. The molecule has 1 aromatic carbocycles. The van der Waals surface area contributed by atoms with Crippen LogP contribution in [0.25, 0.3) is 0 Å². The van der Waals surface area contributed by atoms with Crippen molar-refractivity contribution < 1.29 is 9.90 Å². The predicted molar refractivity (Wildman–Crippen MR) is 139 cm³/mol. The van der Waals surface area contributed by atoms with Gasteiger partial charge in [0.25, 0.3) is 0 Å². The Labute approximate surface area is 211 Å². The maximum Gasteiger partial charge on any atom is 0.307 e. The number of fused-ring (bicyclic) bond motifs is 1. The molecule has 3 atom stereocenters. The number of carboxylic acids is 1. The van der Waals surface area contributed by atoms with Crippen molar-refractivity contribution in [3.05, 3.63) is 107 Å². The van der Waals surface area contributed by atoms with Crippen molar-refractivity contribution in [1.82, 2.24) is 19.9 Å². The Morgan fingerprint density at radius 3 is 2.86 bits per heavy atom. The molecular weight excluding hydrogens is 450 g/mol. The fourth-order valence-corrected chi connectivity index (χ4v) is 5.69. The lowest BCUT2D eigenvalue weighted by Gasteiger charge is -2.42. The molecule has 3 unspecified atom stereocenters. The Kier molecular flexibility index (Phi) is 7.39. The summed E-state index contributed by atoms with van der Waals surface area (Å²) in [6.07, 6.45) is 18.4. The summed E-state index contributed by atoms with van der Waals surface area (Å²) < 4.78 is 0. The lowest BCUT2D eigenvalue weighted by molar-refractivity contribution is -0.136. The zero-order valence-corrected chi connectivity index (χ0v) is 20.4. The maximum absolute atomic E-state index is 11.3. The number of aryl methyl sites for hydroxylation is 1. The molecular formula is C29H33N5O2. The van der Waals surface area contributed by atoms with E-state index in [2.05, 4.69) is 40.3 Å². The molecule has 0 radical (unpaired) electrons. The number of nitrogens with one attached hydrogen (secondary N) is 1. The first-order valence-corrected chi connectivity index (χ1v) is 12.7. The number of nitrogens with two attached hydrogens (primary N) is 1. The Hall–Kier alpha value is -3.55. The summed E-state index contributed by atoms with van der Waals surface area (Å²) in [6, 6.07) is 10.3. The average molecular weight is 484 g/mol. The molecule has 2 heterocycles. The van der Waals surface area contributed by atoms with E-state index in [1.807, 2.05) is 42.9 Å². The van der Waals surface area contributed by atoms with Crippen LogP contribution < -0.4 is 5.73 Å². The first kappa shape index (κ1) is 24.2. The van der Waals surface area contributed by atoms with Crippen LogP contribution in [0.4, 0.5) is 0 Å². The number of aromatic nitrogens is 3. The van der Waals surface area contributed by atoms with Crippen molar-refractivity contribution in [1.29, 1.82) is 0 Å². The second-order valence-electron chi connectivity index (χ2n) is 9.64. The summed E-state index contributed by atoms with van der Waals surface area (Å²) in [7, 11) is 0. The van der Waals surface area contributed by atoms with E-state index in [1.54, 1.807) is 0 Å². The van der Waals surface area contributed by atoms with Gasteiger partial charge in [-0.05, 0) is 54.0 Å². The topological polar surface area (TPSA) is 108 Å². The molecule has 7 heteroatoms. The molecule has 0 spiro atoms. The number of imidazole rings is 1. The standard InChI is InChI=1S/C29H33N5O2/c30-18-24-16-20(17-26(35)36)11-12-23(24)19-34(25-10-4-8-21-9-5-13-31-27(21)25)28(29-32-14-15-33-29)22-6-2-1-3-7-22/h1-3,5-6,9,11-16,22,25,28H,4,7-8,10,17-19,30H2,(H,32,33)(H,35,36). The molecule has 7 nitrogen and oxygen atoms in total. The molecule has 0 saturated heterocycles. The largest absolute Gasteiger partial charge is 0.481 e. The molecule has 0 aliphatic heterocycles. The number of H-pyrrole nitrogens is 1. The van der Waals surface area contributed by atoms with E-state index in [1.165, 1.54) is 5.56 Å². The normalized spacial score (nSPS) is 19.8. The van der Waals surface area contributed by atoms with Crippen LogP contribution in [0.2, 0.25) is 0 Å². The number of carboxylic acid groups (broad SMARTS) is 1. The quantitative estimate of drug-likeness (QED) is 0.409. The van der Waals surface area contributed by atoms with Gasteiger partial charge in [-0.15, -0.1) is 0 Å². The monoisotopic (exact) mass is 483 g/mol. The van der Waals surface area contributed by atoms with Crippen molar-refractivity contribution in [2.45, 2.75) is 57.3 Å². The highest BCUT2D eigenvalue weighted by Gasteiger charge is 2.37. The van der Waals surface area contributed by atoms with Crippen LogP contribution in [0.1, 0.15) is 65.1 Å². The van der Waals surface area contributed by atoms with Gasteiger partial charge in [0, 0.05) is 37.6 Å². The van der Waals surface area contributed by atoms with Gasteiger partial charge in [-0.25, -0.2) is 4.98 Å². The SMILES string of the molecule is NCc1cc(CC(=O)O)ccc1CN(C1CCCc2cccnc21)C(c1ncc[nH]1)C1C=CC=CC1. The number of carbonyl (C=O) groups is 1. The van der Waals surface area contributed by atoms with Gasteiger partial charge in [0.1, 0.15) is 5.82 Å². The third-order valence-electron chi connectivity index (χ3n) is 7.34. The van der Waals surface area contributed by atoms with Crippen molar-refractivity contribution >= 4 is 5.97 Å². The molecule has 0 saturated carbocycles. The van der Waals surface area contributed by atoms with E-state index in [4.69, 9.17) is 15.7 Å². The number of allylic oxidation sites excluding steroid dienone is 3. The average Bonchev–Trinajstić information content (AvgIpc) is 3.43. The third kappa shape index (κ3) is 5.17. The number of aromatic amines is 1. The molecule has 4 N–H and O–H groups in total. The van der Waals surface area contributed by atoms with E-state index >= 15 is 0 Å². The minimum Gasteiger partial charge on any atom is -0.481 e. The van der Waals surface area contributed by atoms with E-state index in [-0.39, 0.29) is 24.4 Å². The van der Waals surface area contributed by atoms with E-state index in [0.717, 1.165) is 53.9 Å². The smallest absolute Gasteiger partial charge is 0.307 e. The van der Waals surface area contributed by atoms with Crippen LogP contribution >= 0.6 is 0 Å². The van der Waals surface area contributed by atoms with Crippen molar-refractivity contribution in [2.24, 2.45) is 11.7 Å². The zero-order chi connectivity index (χ0) is 24.9. The summed E-state index contributed by atoms with van der Waals surface area (Å²) in [5.74, 6) is 0.356. The van der Waals surface area contributed by atoms with E-state index in [9.17, 15) is 9.90 Å². The van der Waals surface area contributed by atoms with Gasteiger partial charge in [-0.2, -0.15) is 0 Å². The van der Waals surface area contributed by atoms with Crippen LogP contribution in [-0.2, 0) is 30.7 Å². The van der Waals surface area contributed by atoms with Crippen LogP contribution in [0.3, 0.4) is 0 Å². The Morgan fingerprint density at radius 1 is 1.19 bits per heavy atom. The highest BCUT2D eigenvalue weighted by molar-refractivity contribution is 5.70. The molecule has 2 aliphatic carbocycles. The third-order valence-corrected chi connectivity index (χ3v) is 7.34. The molecule has 186 valence electrons. The molecule has 36 heavy (non-hydrogen) atoms. The summed E-state index contributed by atoms with van der Waals surface area (Å²) in [4.78, 5) is 26.8. The van der Waals surface area contributed by atoms with Gasteiger partial charge in [-0.3, -0.25) is 14.7 Å². The predicted octanol–water partition coefficient (Wildman–Crippen LogP) is 4.64. The highest BCUT2D eigenvalue weighted by Crippen LogP contribution is 2.43. The highest BCUT2D eigenvalue weighted by atomic mass is 16.4. The first-order chi connectivity index (χ1) is 17.6. The van der Waals surface area contributed by atoms with Gasteiger partial charge < -0.3 is 15.8 Å². The summed E-state index contributed by atoms with van der Waals surface area (Å²) in [5, 5.41) is 9.26. The molecule has 0 bridgehead atoms. The number of pyridine rings is 1. The Morgan fingerprint density at radius 2 is 2.11 bits per heavy atom. The second kappa shape index (κ2) is 11.0. The summed E-state index contributed by atoms with van der Waals surface area (Å²) in [6.45, 7) is 1.02. The number of aliphatic carboxylic acids is 1. The summed E-state index contributed by atoms with van der Waals surface area (Å²) >= 11 is 0. The van der Waals surface area contributed by atoms with Crippen molar-refractivity contribution in [3.8, 4) is 0 Å². The van der Waals surface area contributed by atoms with Crippen molar-refractivity contribution in [2.75, 3.05) is 0 Å². The number of benzene rings is 1. The molecule has 3 aromatic rings. The minimum absolute atomic E-state index is 0.00879. The molecule has 2 aromatic heterocycles. The van der Waals surface area contributed by atoms with Crippen LogP contribution in [0, 0.1) is 5.92 Å². The first-order valence-electron chi connectivity index (χ1n) is 12.7. The maximum atomic E-state index is 11.3. The number of hydrogen-bond acceptors (Lipinski definition) is 5. The number of nitrogens with zero attached hydrogens (tertiary/aromatic N) is 3. The zero-order valence-electron chi connectivity index (χ0n) is 20.4. The van der Waals surface area contributed by atoms with Gasteiger partial charge in [0.2, 0.25) is 0 Å². The van der Waals surface area contributed by atoms with Gasteiger partial charge >= 0.3 is 5.97 Å². The van der Waals surface area contributed by atoms with E-state index < -0.39 is 5.97 Å². The fraction of sp³-hybridized carbons (Fsp3) is 0.345. The van der Waals surface area contributed by atoms with E-state index in [0.29, 0.717) is 13.1 Å². The Bertz CT molecular complexity index is 1250. The molecule has 0 fully saturated rings. The van der Waals surface area contributed by atoms with Crippen molar-refractivity contribution in [3.63, 3.8) is 0 Å². The van der Waals surface area contributed by atoms with Gasteiger partial charge in [0.15, 0.2) is 0 Å².